The van der Waals surface area contributed by atoms with E-state index < -0.39 is 11.9 Å². The lowest BCUT2D eigenvalue weighted by Gasteiger charge is -2.32. The molecule has 1 aromatic heterocycles. The lowest BCUT2D eigenvalue weighted by molar-refractivity contribution is -0.139. The first-order chi connectivity index (χ1) is 15.1. The van der Waals surface area contributed by atoms with Crippen LogP contribution in [0.2, 0.25) is 0 Å². The van der Waals surface area contributed by atoms with Crippen LogP contribution >= 0.6 is 0 Å². The van der Waals surface area contributed by atoms with E-state index in [9.17, 15) is 14.4 Å². The number of furan rings is 1. The monoisotopic (exact) mass is 423 g/mol. The predicted octanol–water partition coefficient (Wildman–Crippen LogP) is 3.21. The van der Waals surface area contributed by atoms with Gasteiger partial charge in [-0.05, 0) is 30.5 Å². The summed E-state index contributed by atoms with van der Waals surface area (Å²) in [6.45, 7) is 3.66. The SMILES string of the molecule is C=CCN(C(=O)CNC(=O)c1ccco1)C(C(=O)NC1CCCCC1)c1ccccc1. The molecular formula is C24H29N3O4. The first kappa shape index (κ1) is 22.3. The zero-order valence-electron chi connectivity index (χ0n) is 17.6. The first-order valence-electron chi connectivity index (χ1n) is 10.7. The molecule has 0 aliphatic heterocycles. The predicted molar refractivity (Wildman–Crippen MR) is 117 cm³/mol. The minimum atomic E-state index is -0.811. The zero-order chi connectivity index (χ0) is 22.1. The number of amides is 3. The van der Waals surface area contributed by atoms with Gasteiger partial charge in [0, 0.05) is 12.6 Å². The maximum Gasteiger partial charge on any atom is 0.287 e. The Hall–Kier alpha value is -3.35. The fraction of sp³-hybridized carbons (Fsp3) is 0.375. The quantitative estimate of drug-likeness (QED) is 0.606. The Morgan fingerprint density at radius 3 is 2.48 bits per heavy atom. The highest BCUT2D eigenvalue weighted by Crippen LogP contribution is 2.24. The van der Waals surface area contributed by atoms with Crippen molar-refractivity contribution in [3.05, 3.63) is 72.7 Å². The van der Waals surface area contributed by atoms with Crippen molar-refractivity contribution in [1.29, 1.82) is 0 Å². The minimum Gasteiger partial charge on any atom is -0.459 e. The lowest BCUT2D eigenvalue weighted by Crippen LogP contribution is -2.49. The molecule has 1 saturated carbocycles. The third-order valence-electron chi connectivity index (χ3n) is 5.42. The topological polar surface area (TPSA) is 91.7 Å². The summed E-state index contributed by atoms with van der Waals surface area (Å²) < 4.78 is 5.06. The van der Waals surface area contributed by atoms with Crippen LogP contribution < -0.4 is 10.6 Å². The van der Waals surface area contributed by atoms with Crippen molar-refractivity contribution in [3.8, 4) is 0 Å². The van der Waals surface area contributed by atoms with Crippen LogP contribution in [0.4, 0.5) is 0 Å². The van der Waals surface area contributed by atoms with Gasteiger partial charge in [0.15, 0.2) is 5.76 Å². The highest BCUT2D eigenvalue weighted by molar-refractivity contribution is 5.95. The third kappa shape index (κ3) is 6.07. The summed E-state index contributed by atoms with van der Waals surface area (Å²) in [5.41, 5.74) is 0.711. The molecule has 2 N–H and O–H groups in total. The van der Waals surface area contributed by atoms with Crippen molar-refractivity contribution in [2.24, 2.45) is 0 Å². The number of carbonyl (C=O) groups excluding carboxylic acids is 3. The fourth-order valence-corrected chi connectivity index (χ4v) is 3.88. The summed E-state index contributed by atoms with van der Waals surface area (Å²) in [6.07, 6.45) is 8.23. The van der Waals surface area contributed by atoms with E-state index in [2.05, 4.69) is 17.2 Å². The van der Waals surface area contributed by atoms with Crippen molar-refractivity contribution in [3.63, 3.8) is 0 Å². The maximum absolute atomic E-state index is 13.3. The van der Waals surface area contributed by atoms with E-state index in [1.165, 1.54) is 23.7 Å². The van der Waals surface area contributed by atoms with Crippen molar-refractivity contribution in [2.75, 3.05) is 13.1 Å². The van der Waals surface area contributed by atoms with Gasteiger partial charge in [0.2, 0.25) is 11.8 Å². The average Bonchev–Trinajstić information content (AvgIpc) is 3.33. The second-order valence-electron chi connectivity index (χ2n) is 7.65. The molecule has 0 radical (unpaired) electrons. The molecule has 0 bridgehead atoms. The van der Waals surface area contributed by atoms with Crippen LogP contribution in [0.1, 0.15) is 54.3 Å². The molecule has 7 heteroatoms. The van der Waals surface area contributed by atoms with Gasteiger partial charge in [0.1, 0.15) is 6.04 Å². The lowest BCUT2D eigenvalue weighted by atomic mass is 9.94. The number of benzene rings is 1. The van der Waals surface area contributed by atoms with Gasteiger partial charge in [-0.2, -0.15) is 0 Å². The van der Waals surface area contributed by atoms with Crippen molar-refractivity contribution in [1.82, 2.24) is 15.5 Å². The molecule has 31 heavy (non-hydrogen) atoms. The smallest absolute Gasteiger partial charge is 0.287 e. The van der Waals surface area contributed by atoms with E-state index >= 15 is 0 Å². The molecule has 2 aromatic rings. The van der Waals surface area contributed by atoms with E-state index in [-0.39, 0.29) is 36.7 Å². The minimum absolute atomic E-state index is 0.117. The van der Waals surface area contributed by atoms with Gasteiger partial charge in [-0.3, -0.25) is 14.4 Å². The molecular weight excluding hydrogens is 394 g/mol. The molecule has 7 nitrogen and oxygen atoms in total. The van der Waals surface area contributed by atoms with Crippen LogP contribution in [-0.2, 0) is 9.59 Å². The van der Waals surface area contributed by atoms with E-state index in [4.69, 9.17) is 4.42 Å². The Labute approximate surface area is 182 Å². The second kappa shape index (κ2) is 11.2. The van der Waals surface area contributed by atoms with Crippen LogP contribution in [0, 0.1) is 0 Å². The molecule has 1 fully saturated rings. The third-order valence-corrected chi connectivity index (χ3v) is 5.42. The summed E-state index contributed by atoms with van der Waals surface area (Å²) in [4.78, 5) is 40.0. The van der Waals surface area contributed by atoms with Crippen molar-refractivity contribution >= 4 is 17.7 Å². The molecule has 3 rings (SSSR count). The van der Waals surface area contributed by atoms with Gasteiger partial charge in [-0.25, -0.2) is 0 Å². The molecule has 1 atom stereocenters. The fourth-order valence-electron chi connectivity index (χ4n) is 3.88. The molecule has 3 amide bonds. The molecule has 0 spiro atoms. The van der Waals surface area contributed by atoms with Gasteiger partial charge in [0.05, 0.1) is 12.8 Å². The molecule has 164 valence electrons. The van der Waals surface area contributed by atoms with Crippen molar-refractivity contribution < 1.29 is 18.8 Å². The van der Waals surface area contributed by atoms with E-state index in [0.29, 0.717) is 5.56 Å². The molecule has 1 aliphatic carbocycles. The van der Waals surface area contributed by atoms with E-state index in [0.717, 1.165) is 25.7 Å². The molecule has 0 saturated heterocycles. The van der Waals surface area contributed by atoms with Crippen LogP contribution in [-0.4, -0.2) is 41.8 Å². The Morgan fingerprint density at radius 1 is 1.10 bits per heavy atom. The summed E-state index contributed by atoms with van der Waals surface area (Å²) >= 11 is 0. The highest BCUT2D eigenvalue weighted by Gasteiger charge is 2.32. The van der Waals surface area contributed by atoms with Crippen LogP contribution in [0.25, 0.3) is 0 Å². The van der Waals surface area contributed by atoms with Gasteiger partial charge < -0.3 is 20.0 Å². The average molecular weight is 424 g/mol. The van der Waals surface area contributed by atoms with Crippen LogP contribution in [0.3, 0.4) is 0 Å². The summed E-state index contributed by atoms with van der Waals surface area (Å²) in [7, 11) is 0. The molecule has 1 unspecified atom stereocenters. The Morgan fingerprint density at radius 2 is 1.84 bits per heavy atom. The Kier molecular flexibility index (Phi) is 8.04. The highest BCUT2D eigenvalue weighted by atomic mass is 16.3. The van der Waals surface area contributed by atoms with Gasteiger partial charge in [-0.1, -0.05) is 55.7 Å². The van der Waals surface area contributed by atoms with Gasteiger partial charge in [0.25, 0.3) is 5.91 Å². The molecule has 1 aromatic carbocycles. The zero-order valence-corrected chi connectivity index (χ0v) is 17.6. The normalized spacial score (nSPS) is 15.0. The van der Waals surface area contributed by atoms with E-state index in [1.54, 1.807) is 12.1 Å². The summed E-state index contributed by atoms with van der Waals surface area (Å²) in [5.74, 6) is -0.962. The number of carbonyl (C=O) groups is 3. The number of hydrogen-bond acceptors (Lipinski definition) is 4. The Bertz CT molecular complexity index is 873. The number of rotatable bonds is 9. The summed E-state index contributed by atoms with van der Waals surface area (Å²) in [5, 5.41) is 5.69. The number of hydrogen-bond donors (Lipinski definition) is 2. The van der Waals surface area contributed by atoms with Crippen LogP contribution in [0.5, 0.6) is 0 Å². The molecule has 1 heterocycles. The van der Waals surface area contributed by atoms with Crippen molar-refractivity contribution in [2.45, 2.75) is 44.2 Å². The second-order valence-corrected chi connectivity index (χ2v) is 7.65. The standard InChI is InChI=1S/C24H29N3O4/c1-2-15-27(21(28)17-25-23(29)20-14-9-16-31-20)22(18-10-5-3-6-11-18)24(30)26-19-12-7-4-8-13-19/h2-3,5-6,9-11,14,16,19,22H,1,4,7-8,12-13,15,17H2,(H,25,29)(H,26,30). The van der Waals surface area contributed by atoms with Gasteiger partial charge >= 0.3 is 0 Å². The van der Waals surface area contributed by atoms with E-state index in [1.807, 2.05) is 30.3 Å². The number of nitrogens with zero attached hydrogens (tertiary/aromatic N) is 1. The largest absolute Gasteiger partial charge is 0.459 e. The Balaban J connectivity index is 1.77. The molecule has 1 aliphatic rings. The number of nitrogens with one attached hydrogen (secondary N) is 2. The first-order valence-corrected chi connectivity index (χ1v) is 10.7. The van der Waals surface area contributed by atoms with Gasteiger partial charge in [-0.15, -0.1) is 6.58 Å². The maximum atomic E-state index is 13.3. The van der Waals surface area contributed by atoms with Crippen LogP contribution in [0.15, 0.2) is 65.8 Å². The summed E-state index contributed by atoms with van der Waals surface area (Å²) in [6, 6.07) is 11.6.